The Balaban J connectivity index is 1.61. The van der Waals surface area contributed by atoms with E-state index in [1.54, 1.807) is 21.3 Å². The molecule has 162 valence electrons. The van der Waals surface area contributed by atoms with Crippen LogP contribution in [0.25, 0.3) is 0 Å². The van der Waals surface area contributed by atoms with Gasteiger partial charge in [0.1, 0.15) is 18.1 Å². The Kier molecular flexibility index (Phi) is 6.63. The van der Waals surface area contributed by atoms with Crippen LogP contribution in [0.1, 0.15) is 28.3 Å². The van der Waals surface area contributed by atoms with Gasteiger partial charge < -0.3 is 24.3 Å². The molecule has 1 heterocycles. The Labute approximate surface area is 183 Å². The van der Waals surface area contributed by atoms with Gasteiger partial charge in [-0.3, -0.25) is 0 Å². The van der Waals surface area contributed by atoms with Crippen LogP contribution in [0.2, 0.25) is 0 Å². The summed E-state index contributed by atoms with van der Waals surface area (Å²) < 4.78 is 22.7. The summed E-state index contributed by atoms with van der Waals surface area (Å²) in [5, 5.41) is 3.66. The van der Waals surface area contributed by atoms with E-state index < -0.39 is 0 Å². The second-order valence-electron chi connectivity index (χ2n) is 7.61. The van der Waals surface area contributed by atoms with Gasteiger partial charge in [-0.05, 0) is 59.8 Å². The molecule has 0 saturated carbocycles. The fraction of sp³-hybridized carbons (Fsp3) is 0.308. The van der Waals surface area contributed by atoms with Crippen molar-refractivity contribution in [3.8, 4) is 23.0 Å². The fourth-order valence-corrected chi connectivity index (χ4v) is 4.08. The number of ether oxygens (including phenoxy) is 4. The van der Waals surface area contributed by atoms with Crippen molar-refractivity contribution >= 4 is 0 Å². The molecule has 0 spiro atoms. The van der Waals surface area contributed by atoms with Gasteiger partial charge in [0.2, 0.25) is 0 Å². The summed E-state index contributed by atoms with van der Waals surface area (Å²) in [6.45, 7) is 1.42. The summed E-state index contributed by atoms with van der Waals surface area (Å²) in [6, 6.07) is 20.6. The number of benzene rings is 3. The number of rotatable bonds is 8. The maximum Gasteiger partial charge on any atom is 0.162 e. The lowest BCUT2D eigenvalue weighted by atomic mass is 9.89. The van der Waals surface area contributed by atoms with Crippen LogP contribution in [0.5, 0.6) is 23.0 Å². The molecule has 1 atom stereocenters. The minimum absolute atomic E-state index is 0.163. The largest absolute Gasteiger partial charge is 0.497 e. The second-order valence-corrected chi connectivity index (χ2v) is 7.61. The number of methoxy groups -OCH3 is 3. The minimum atomic E-state index is 0.163. The first-order valence-corrected chi connectivity index (χ1v) is 10.5. The number of hydrogen-bond donors (Lipinski definition) is 1. The van der Waals surface area contributed by atoms with E-state index in [0.29, 0.717) is 6.61 Å². The smallest absolute Gasteiger partial charge is 0.162 e. The Hall–Kier alpha value is -3.18. The van der Waals surface area contributed by atoms with Crippen molar-refractivity contribution in [3.63, 3.8) is 0 Å². The molecule has 1 aliphatic rings. The van der Waals surface area contributed by atoms with E-state index in [4.69, 9.17) is 18.9 Å². The van der Waals surface area contributed by atoms with E-state index in [-0.39, 0.29) is 6.04 Å². The molecule has 3 aromatic carbocycles. The number of fused-ring (bicyclic) bond motifs is 1. The molecule has 1 N–H and O–H groups in total. The second kappa shape index (κ2) is 9.75. The number of hydrogen-bond acceptors (Lipinski definition) is 5. The first-order valence-electron chi connectivity index (χ1n) is 10.5. The lowest BCUT2D eigenvalue weighted by Crippen LogP contribution is -2.31. The lowest BCUT2D eigenvalue weighted by molar-refractivity contribution is 0.283. The highest BCUT2D eigenvalue weighted by molar-refractivity contribution is 5.50. The quantitative estimate of drug-likeness (QED) is 0.573. The van der Waals surface area contributed by atoms with E-state index >= 15 is 0 Å². The van der Waals surface area contributed by atoms with Crippen molar-refractivity contribution in [1.82, 2.24) is 5.32 Å². The average molecular weight is 420 g/mol. The van der Waals surface area contributed by atoms with E-state index in [0.717, 1.165) is 53.5 Å². The summed E-state index contributed by atoms with van der Waals surface area (Å²) in [5.41, 5.74) is 4.80. The third kappa shape index (κ3) is 4.78. The normalized spacial score (nSPS) is 15.1. The van der Waals surface area contributed by atoms with Crippen molar-refractivity contribution in [1.29, 1.82) is 0 Å². The zero-order valence-corrected chi connectivity index (χ0v) is 18.3. The Morgan fingerprint density at radius 1 is 0.839 bits per heavy atom. The first kappa shape index (κ1) is 21.1. The summed E-state index contributed by atoms with van der Waals surface area (Å²) >= 11 is 0. The highest BCUT2D eigenvalue weighted by atomic mass is 16.5. The first-order chi connectivity index (χ1) is 15.2. The number of nitrogens with one attached hydrogen (secondary N) is 1. The van der Waals surface area contributed by atoms with Crippen LogP contribution < -0.4 is 24.3 Å². The van der Waals surface area contributed by atoms with E-state index in [2.05, 4.69) is 35.6 Å². The third-order valence-electron chi connectivity index (χ3n) is 5.74. The SMILES string of the molecule is COc1ccc(CC2NCCc3cc(OC)c(OCc4ccccc4)cc32)c(OC)c1. The van der Waals surface area contributed by atoms with Crippen molar-refractivity contribution in [3.05, 3.63) is 82.9 Å². The van der Waals surface area contributed by atoms with Gasteiger partial charge in [-0.25, -0.2) is 0 Å². The lowest BCUT2D eigenvalue weighted by Gasteiger charge is -2.29. The van der Waals surface area contributed by atoms with Gasteiger partial charge in [-0.15, -0.1) is 0 Å². The molecule has 0 aliphatic carbocycles. The molecule has 5 nitrogen and oxygen atoms in total. The molecule has 1 unspecified atom stereocenters. The third-order valence-corrected chi connectivity index (χ3v) is 5.74. The molecule has 31 heavy (non-hydrogen) atoms. The topological polar surface area (TPSA) is 49.0 Å². The zero-order valence-electron chi connectivity index (χ0n) is 18.3. The highest BCUT2D eigenvalue weighted by Gasteiger charge is 2.24. The summed E-state index contributed by atoms with van der Waals surface area (Å²) in [6.07, 6.45) is 1.77. The summed E-state index contributed by atoms with van der Waals surface area (Å²) in [7, 11) is 5.05. The molecule has 0 fully saturated rings. The van der Waals surface area contributed by atoms with E-state index in [1.165, 1.54) is 11.1 Å². The molecule has 0 aromatic heterocycles. The van der Waals surface area contributed by atoms with Gasteiger partial charge >= 0.3 is 0 Å². The van der Waals surface area contributed by atoms with Gasteiger partial charge in [0.25, 0.3) is 0 Å². The van der Waals surface area contributed by atoms with Crippen molar-refractivity contribution in [2.75, 3.05) is 27.9 Å². The maximum atomic E-state index is 6.16. The van der Waals surface area contributed by atoms with Crippen LogP contribution in [-0.4, -0.2) is 27.9 Å². The van der Waals surface area contributed by atoms with Crippen LogP contribution in [0.15, 0.2) is 60.7 Å². The van der Waals surface area contributed by atoms with Crippen LogP contribution >= 0.6 is 0 Å². The molecule has 0 amide bonds. The minimum Gasteiger partial charge on any atom is -0.497 e. The molecule has 0 bridgehead atoms. The molecular weight excluding hydrogens is 390 g/mol. The van der Waals surface area contributed by atoms with Crippen LogP contribution in [0.4, 0.5) is 0 Å². The summed E-state index contributed by atoms with van der Waals surface area (Å²) in [4.78, 5) is 0. The van der Waals surface area contributed by atoms with E-state index in [1.807, 2.05) is 30.3 Å². The van der Waals surface area contributed by atoms with Crippen molar-refractivity contribution in [2.24, 2.45) is 0 Å². The zero-order chi connectivity index (χ0) is 21.6. The predicted octanol–water partition coefficient (Wildman–Crippen LogP) is 4.72. The Morgan fingerprint density at radius 2 is 1.65 bits per heavy atom. The molecule has 4 rings (SSSR count). The molecule has 1 aliphatic heterocycles. The molecule has 0 radical (unpaired) electrons. The van der Waals surface area contributed by atoms with Crippen molar-refractivity contribution < 1.29 is 18.9 Å². The monoisotopic (exact) mass is 419 g/mol. The van der Waals surface area contributed by atoms with Gasteiger partial charge in [-0.2, -0.15) is 0 Å². The predicted molar refractivity (Wildman–Crippen MR) is 121 cm³/mol. The molecule has 5 heteroatoms. The van der Waals surface area contributed by atoms with Crippen LogP contribution in [-0.2, 0) is 19.4 Å². The Bertz CT molecular complexity index is 1020. The fourth-order valence-electron chi connectivity index (χ4n) is 4.08. The highest BCUT2D eigenvalue weighted by Crippen LogP contribution is 2.38. The van der Waals surface area contributed by atoms with Crippen molar-refractivity contribution in [2.45, 2.75) is 25.5 Å². The van der Waals surface area contributed by atoms with Gasteiger partial charge in [0, 0.05) is 12.1 Å². The maximum absolute atomic E-state index is 6.16. The van der Waals surface area contributed by atoms with Crippen LogP contribution in [0.3, 0.4) is 0 Å². The molecule has 3 aromatic rings. The van der Waals surface area contributed by atoms with Gasteiger partial charge in [0.15, 0.2) is 11.5 Å². The molecular formula is C26H29NO4. The van der Waals surface area contributed by atoms with Gasteiger partial charge in [-0.1, -0.05) is 36.4 Å². The van der Waals surface area contributed by atoms with Gasteiger partial charge in [0.05, 0.1) is 21.3 Å². The average Bonchev–Trinajstić information content (AvgIpc) is 2.83. The Morgan fingerprint density at radius 3 is 2.39 bits per heavy atom. The standard InChI is InChI=1S/C26H29NO4/c1-28-21-10-9-20(24(15-21)29-2)13-23-22-16-26(31-17-18-7-5-4-6-8-18)25(30-3)14-19(22)11-12-27-23/h4-10,14-16,23,27H,11-13,17H2,1-3H3. The van der Waals surface area contributed by atoms with Crippen LogP contribution in [0, 0.1) is 0 Å². The summed E-state index contributed by atoms with van der Waals surface area (Å²) in [5.74, 6) is 3.17. The van der Waals surface area contributed by atoms with E-state index in [9.17, 15) is 0 Å². The molecule has 0 saturated heterocycles.